The molecule has 9 aromatic rings. The van der Waals surface area contributed by atoms with E-state index in [2.05, 4.69) is 239 Å². The molecule has 0 saturated carbocycles. The van der Waals surface area contributed by atoms with Crippen LogP contribution in [0.3, 0.4) is 0 Å². The second-order valence-corrected chi connectivity index (χ2v) is 25.0. The molecule has 0 fully saturated rings. The van der Waals surface area contributed by atoms with Gasteiger partial charge in [-0.1, -0.05) is 161 Å². The van der Waals surface area contributed by atoms with E-state index in [1.165, 1.54) is 126 Å². The molecular formula is C63H63BN2S2. The molecule has 7 aromatic carbocycles. The fourth-order valence-corrected chi connectivity index (χ4v) is 13.2. The molecule has 2 aliphatic rings. The van der Waals surface area contributed by atoms with Crippen LogP contribution >= 0.6 is 22.7 Å². The molecule has 11 rings (SSSR count). The summed E-state index contributed by atoms with van der Waals surface area (Å²) in [5.41, 5.74) is 23.3. The molecule has 0 bridgehead atoms. The maximum Gasteiger partial charge on any atom is 0.264 e. The topological polar surface area (TPSA) is 6.48 Å². The van der Waals surface area contributed by atoms with E-state index in [9.17, 15) is 0 Å². The summed E-state index contributed by atoms with van der Waals surface area (Å²) in [6.07, 6.45) is 0. The van der Waals surface area contributed by atoms with Gasteiger partial charge >= 0.3 is 0 Å². The molecule has 0 spiro atoms. The van der Waals surface area contributed by atoms with Gasteiger partial charge in [0.15, 0.2) is 0 Å². The maximum atomic E-state index is 2.72. The third-order valence-electron chi connectivity index (χ3n) is 14.8. The Morgan fingerprint density at radius 3 is 1.79 bits per heavy atom. The van der Waals surface area contributed by atoms with Gasteiger partial charge in [0.05, 0.1) is 17.1 Å². The average molecular weight is 923 g/mol. The second kappa shape index (κ2) is 15.8. The number of anilines is 6. The fraction of sp³-hybridized carbons (Fsp3) is 0.270. The Kier molecular flexibility index (Phi) is 10.4. The SMILES string of the molecule is Cc1cc(C(C)(C)C)cc(C)c1N1c2cc(C(C)C)cc3c2B(c2ccc(-c4csc5ccccc45)cc2N3c2ccc(C(C)(C)C)cc2-c2ccccc2)c2sc3ccc(C(C)(C)C)cc3c21. The highest BCUT2D eigenvalue weighted by Crippen LogP contribution is 2.53. The fourth-order valence-electron chi connectivity index (χ4n) is 10.9. The van der Waals surface area contributed by atoms with E-state index in [-0.39, 0.29) is 23.0 Å². The number of rotatable bonds is 5. The van der Waals surface area contributed by atoms with Gasteiger partial charge in [0.1, 0.15) is 0 Å². The first kappa shape index (κ1) is 44.6. The molecule has 0 saturated heterocycles. The molecule has 340 valence electrons. The minimum absolute atomic E-state index is 0.00223. The number of hydrogen-bond acceptors (Lipinski definition) is 4. The molecular weight excluding hydrogens is 860 g/mol. The lowest BCUT2D eigenvalue weighted by Crippen LogP contribution is -2.60. The molecule has 2 nitrogen and oxygen atoms in total. The number of hydrogen-bond donors (Lipinski definition) is 0. The lowest BCUT2D eigenvalue weighted by atomic mass is 9.36. The van der Waals surface area contributed by atoms with Gasteiger partial charge in [-0.05, 0) is 145 Å². The van der Waals surface area contributed by atoms with Crippen LogP contribution in [0.4, 0.5) is 34.1 Å². The third kappa shape index (κ3) is 7.18. The number of fused-ring (bicyclic) bond motifs is 7. The van der Waals surface area contributed by atoms with Gasteiger partial charge in [0.2, 0.25) is 0 Å². The van der Waals surface area contributed by atoms with Gasteiger partial charge in [-0.15, -0.1) is 22.7 Å². The Hall–Kier alpha value is -5.88. The van der Waals surface area contributed by atoms with Gasteiger partial charge in [0.25, 0.3) is 6.71 Å². The first-order valence-corrected chi connectivity index (χ1v) is 26.2. The van der Waals surface area contributed by atoms with Crippen molar-refractivity contribution in [2.45, 2.75) is 112 Å². The molecule has 68 heavy (non-hydrogen) atoms. The van der Waals surface area contributed by atoms with E-state index in [0.29, 0.717) is 5.92 Å². The molecule has 4 heterocycles. The predicted molar refractivity (Wildman–Crippen MR) is 302 cm³/mol. The predicted octanol–water partition coefficient (Wildman–Crippen LogP) is 17.2. The largest absolute Gasteiger partial charge is 0.311 e. The number of nitrogens with zero attached hydrogens (tertiary/aromatic N) is 2. The summed E-state index contributed by atoms with van der Waals surface area (Å²) >= 11 is 3.83. The molecule has 0 unspecified atom stereocenters. The normalized spacial score (nSPS) is 13.7. The molecule has 0 radical (unpaired) electrons. The highest BCUT2D eigenvalue weighted by Gasteiger charge is 2.46. The molecule has 0 N–H and O–H groups in total. The number of thiophene rings is 2. The Morgan fingerprint density at radius 1 is 0.485 bits per heavy atom. The van der Waals surface area contributed by atoms with Crippen molar-refractivity contribution < 1.29 is 0 Å². The molecule has 2 aromatic heterocycles. The van der Waals surface area contributed by atoms with Crippen LogP contribution in [0.1, 0.15) is 115 Å². The quantitative estimate of drug-likeness (QED) is 0.159. The molecule has 0 aliphatic carbocycles. The minimum Gasteiger partial charge on any atom is -0.311 e. The second-order valence-electron chi connectivity index (χ2n) is 23.0. The van der Waals surface area contributed by atoms with Crippen LogP contribution in [0.5, 0.6) is 0 Å². The number of aryl methyl sites for hydroxylation is 2. The van der Waals surface area contributed by atoms with Crippen molar-refractivity contribution in [1.29, 1.82) is 0 Å². The zero-order valence-corrected chi connectivity index (χ0v) is 43.8. The van der Waals surface area contributed by atoms with Gasteiger partial charge in [0, 0.05) is 53.1 Å². The van der Waals surface area contributed by atoms with Crippen LogP contribution < -0.4 is 25.5 Å². The van der Waals surface area contributed by atoms with Crippen molar-refractivity contribution in [3.63, 3.8) is 0 Å². The Bertz CT molecular complexity index is 3450. The molecule has 5 heteroatoms. The van der Waals surface area contributed by atoms with Gasteiger partial charge in [-0.25, -0.2) is 0 Å². The zero-order chi connectivity index (χ0) is 47.8. The van der Waals surface area contributed by atoms with E-state index >= 15 is 0 Å². The smallest absolute Gasteiger partial charge is 0.264 e. The van der Waals surface area contributed by atoms with Crippen molar-refractivity contribution >= 4 is 99.4 Å². The summed E-state index contributed by atoms with van der Waals surface area (Å²) in [4.78, 5) is 5.38. The monoisotopic (exact) mass is 922 g/mol. The van der Waals surface area contributed by atoms with Gasteiger partial charge in [-0.2, -0.15) is 0 Å². The van der Waals surface area contributed by atoms with Crippen molar-refractivity contribution in [2.75, 3.05) is 9.80 Å². The zero-order valence-electron chi connectivity index (χ0n) is 42.1. The third-order valence-corrected chi connectivity index (χ3v) is 17.0. The minimum atomic E-state index is -0.0277. The van der Waals surface area contributed by atoms with E-state index in [0.717, 1.165) is 0 Å². The van der Waals surface area contributed by atoms with Crippen molar-refractivity contribution in [1.82, 2.24) is 0 Å². The number of benzene rings is 7. The maximum absolute atomic E-state index is 2.72. The van der Waals surface area contributed by atoms with Gasteiger partial charge in [-0.3, -0.25) is 0 Å². The lowest BCUT2D eigenvalue weighted by molar-refractivity contribution is 0.589. The summed E-state index contributed by atoms with van der Waals surface area (Å²) in [5, 5.41) is 5.01. The summed E-state index contributed by atoms with van der Waals surface area (Å²) in [6.45, 7) is 30.5. The van der Waals surface area contributed by atoms with E-state index < -0.39 is 0 Å². The van der Waals surface area contributed by atoms with Crippen molar-refractivity contribution in [3.05, 3.63) is 172 Å². The van der Waals surface area contributed by atoms with Crippen molar-refractivity contribution in [3.8, 4) is 22.3 Å². The standard InChI is InChI=1S/C63H63BN2S2/c1-37(2)42-32-53-57-54(33-42)66(58-38(3)29-45(30-39(58)4)63(11,12)13)59-48-35-44(62(8,9)10)25-28-56(48)68-60(59)64(57)50-26-23-41(49-36-67-55-22-18-17-21-46(49)55)31-52(50)65(53)51-27-24-43(61(5,6)7)34-47(51)40-19-15-14-16-20-40/h14-37H,1-13H3. The van der Waals surface area contributed by atoms with Crippen LogP contribution in [0.25, 0.3) is 42.4 Å². The summed E-state index contributed by atoms with van der Waals surface area (Å²) in [6, 6.07) is 52.0. The van der Waals surface area contributed by atoms with E-state index in [4.69, 9.17) is 0 Å². The highest BCUT2D eigenvalue weighted by molar-refractivity contribution is 7.33. The van der Waals surface area contributed by atoms with Gasteiger partial charge < -0.3 is 9.80 Å². The van der Waals surface area contributed by atoms with E-state index in [1.54, 1.807) is 0 Å². The summed E-state index contributed by atoms with van der Waals surface area (Å²) in [7, 11) is 0. The molecule has 0 atom stereocenters. The molecule has 2 aliphatic heterocycles. The lowest BCUT2D eigenvalue weighted by Gasteiger charge is -2.45. The Balaban J connectivity index is 1.29. The Morgan fingerprint density at radius 2 is 1.12 bits per heavy atom. The molecule has 0 amide bonds. The van der Waals surface area contributed by atoms with E-state index in [1.807, 2.05) is 22.7 Å². The summed E-state index contributed by atoms with van der Waals surface area (Å²) in [5.74, 6) is 0.291. The van der Waals surface area contributed by atoms with Crippen LogP contribution in [-0.4, -0.2) is 6.71 Å². The van der Waals surface area contributed by atoms with Crippen LogP contribution in [0, 0.1) is 13.8 Å². The van der Waals surface area contributed by atoms with Crippen LogP contribution in [-0.2, 0) is 16.2 Å². The van der Waals surface area contributed by atoms with Crippen molar-refractivity contribution in [2.24, 2.45) is 0 Å². The first-order chi connectivity index (χ1) is 32.3. The average Bonchev–Trinajstić information content (AvgIpc) is 3.90. The van der Waals surface area contributed by atoms with Crippen LogP contribution in [0.15, 0.2) is 139 Å². The van der Waals surface area contributed by atoms with Crippen LogP contribution in [0.2, 0.25) is 0 Å². The summed E-state index contributed by atoms with van der Waals surface area (Å²) < 4.78 is 4.06. The Labute approximate surface area is 413 Å². The first-order valence-electron chi connectivity index (χ1n) is 24.5. The highest BCUT2D eigenvalue weighted by atomic mass is 32.1.